The van der Waals surface area contributed by atoms with Crippen LogP contribution in [0.2, 0.25) is 5.02 Å². The second kappa shape index (κ2) is 5.38. The molecule has 19 heavy (non-hydrogen) atoms. The third-order valence-electron chi connectivity index (χ3n) is 3.11. The topological polar surface area (TPSA) is 46.4 Å². The van der Waals surface area contributed by atoms with Gasteiger partial charge in [0, 0.05) is 30.1 Å². The lowest BCUT2D eigenvalue weighted by Gasteiger charge is -2.32. The Hall–Kier alpha value is -1.27. The Balaban J connectivity index is 2.14. The fraction of sp³-hybridized carbons (Fsp3) is 0.500. The van der Waals surface area contributed by atoms with E-state index in [1.54, 1.807) is 4.90 Å². The molecule has 1 aromatic rings. The highest BCUT2D eigenvalue weighted by Gasteiger charge is 2.35. The highest BCUT2D eigenvalue weighted by molar-refractivity contribution is 6.31. The SMILES string of the molecule is O=[N+]([O-])c1ccc(Cl)c(CN2CCCC(F)(F)C2)c1. The first-order chi connectivity index (χ1) is 8.87. The van der Waals surface area contributed by atoms with Crippen molar-refractivity contribution in [3.05, 3.63) is 38.9 Å². The molecule has 0 amide bonds. The number of halogens is 3. The number of hydrogen-bond donors (Lipinski definition) is 0. The summed E-state index contributed by atoms with van der Waals surface area (Å²) in [6, 6.07) is 4.07. The molecular weight excluding hydrogens is 278 g/mol. The summed E-state index contributed by atoms with van der Waals surface area (Å²) in [4.78, 5) is 11.7. The van der Waals surface area contributed by atoms with Crippen LogP contribution in [0, 0.1) is 10.1 Å². The molecule has 0 atom stereocenters. The third kappa shape index (κ3) is 3.61. The number of piperidine rings is 1. The summed E-state index contributed by atoms with van der Waals surface area (Å²) >= 11 is 5.95. The Kier molecular flexibility index (Phi) is 4.01. The minimum Gasteiger partial charge on any atom is -0.293 e. The molecule has 4 nitrogen and oxygen atoms in total. The Morgan fingerprint density at radius 2 is 2.21 bits per heavy atom. The molecule has 1 heterocycles. The van der Waals surface area contributed by atoms with Crippen molar-refractivity contribution in [3.8, 4) is 0 Å². The molecule has 1 aliphatic rings. The van der Waals surface area contributed by atoms with Crippen LogP contribution in [0.15, 0.2) is 18.2 Å². The van der Waals surface area contributed by atoms with Crippen LogP contribution in [-0.2, 0) is 6.54 Å². The second-order valence-electron chi connectivity index (χ2n) is 4.70. The summed E-state index contributed by atoms with van der Waals surface area (Å²) in [6.45, 7) is 0.427. The number of hydrogen-bond acceptors (Lipinski definition) is 3. The van der Waals surface area contributed by atoms with Gasteiger partial charge in [-0.05, 0) is 24.6 Å². The fourth-order valence-electron chi connectivity index (χ4n) is 2.22. The van der Waals surface area contributed by atoms with Gasteiger partial charge >= 0.3 is 0 Å². The van der Waals surface area contributed by atoms with Crippen LogP contribution in [0.3, 0.4) is 0 Å². The van der Waals surface area contributed by atoms with Gasteiger partial charge in [-0.15, -0.1) is 0 Å². The van der Waals surface area contributed by atoms with E-state index in [9.17, 15) is 18.9 Å². The number of nitro groups is 1. The molecule has 2 rings (SSSR count). The van der Waals surface area contributed by atoms with Crippen molar-refractivity contribution in [1.82, 2.24) is 4.90 Å². The van der Waals surface area contributed by atoms with Gasteiger partial charge in [-0.3, -0.25) is 15.0 Å². The summed E-state index contributed by atoms with van der Waals surface area (Å²) in [5.74, 6) is -2.69. The molecule has 0 bridgehead atoms. The second-order valence-corrected chi connectivity index (χ2v) is 5.11. The molecule has 1 fully saturated rings. The summed E-state index contributed by atoms with van der Waals surface area (Å²) < 4.78 is 26.6. The molecule has 1 aromatic carbocycles. The fourth-order valence-corrected chi connectivity index (χ4v) is 2.40. The van der Waals surface area contributed by atoms with Gasteiger partial charge in [-0.1, -0.05) is 11.6 Å². The van der Waals surface area contributed by atoms with Gasteiger partial charge in [0.1, 0.15) is 0 Å². The molecule has 1 aliphatic heterocycles. The molecule has 7 heteroatoms. The molecule has 0 saturated carbocycles. The molecule has 104 valence electrons. The number of benzene rings is 1. The first-order valence-electron chi connectivity index (χ1n) is 5.90. The van der Waals surface area contributed by atoms with E-state index < -0.39 is 10.8 Å². The van der Waals surface area contributed by atoms with Crippen LogP contribution >= 0.6 is 11.6 Å². The lowest BCUT2D eigenvalue weighted by atomic mass is 10.1. The van der Waals surface area contributed by atoms with Gasteiger partial charge in [0.15, 0.2) is 0 Å². The van der Waals surface area contributed by atoms with Gasteiger partial charge in [-0.2, -0.15) is 0 Å². The van der Waals surface area contributed by atoms with Crippen molar-refractivity contribution in [2.24, 2.45) is 0 Å². The van der Waals surface area contributed by atoms with Crippen LogP contribution in [0.4, 0.5) is 14.5 Å². The van der Waals surface area contributed by atoms with Crippen LogP contribution in [0.25, 0.3) is 0 Å². The van der Waals surface area contributed by atoms with Gasteiger partial charge in [0.25, 0.3) is 11.6 Å². The zero-order valence-corrected chi connectivity index (χ0v) is 10.9. The smallest absolute Gasteiger partial charge is 0.269 e. The number of nitrogens with zero attached hydrogens (tertiary/aromatic N) is 2. The Bertz CT molecular complexity index is 497. The predicted molar refractivity (Wildman–Crippen MR) is 67.6 cm³/mol. The average Bonchev–Trinajstić information content (AvgIpc) is 2.30. The Labute approximate surface area is 114 Å². The molecule has 0 spiro atoms. The number of likely N-dealkylation sites (tertiary alicyclic amines) is 1. The zero-order chi connectivity index (χ0) is 14.0. The van der Waals surface area contributed by atoms with Crippen molar-refractivity contribution in [1.29, 1.82) is 0 Å². The standard InChI is InChI=1S/C12H13ClF2N2O2/c13-11-3-2-10(17(18)19)6-9(11)7-16-5-1-4-12(14,15)8-16/h2-3,6H,1,4-5,7-8H2. The van der Waals surface area contributed by atoms with Gasteiger partial charge in [0.2, 0.25) is 0 Å². The van der Waals surface area contributed by atoms with Crippen molar-refractivity contribution in [3.63, 3.8) is 0 Å². The normalized spacial score (nSPS) is 19.3. The van der Waals surface area contributed by atoms with E-state index in [1.807, 2.05) is 0 Å². The highest BCUT2D eigenvalue weighted by atomic mass is 35.5. The maximum absolute atomic E-state index is 13.3. The zero-order valence-electron chi connectivity index (χ0n) is 10.1. The van der Waals surface area contributed by atoms with E-state index >= 15 is 0 Å². The van der Waals surface area contributed by atoms with E-state index in [1.165, 1.54) is 18.2 Å². The predicted octanol–water partition coefficient (Wildman–Crippen LogP) is 3.48. The van der Waals surface area contributed by atoms with Gasteiger partial charge in [-0.25, -0.2) is 8.78 Å². The largest absolute Gasteiger partial charge is 0.293 e. The lowest BCUT2D eigenvalue weighted by molar-refractivity contribution is -0.384. The van der Waals surface area contributed by atoms with E-state index in [0.29, 0.717) is 23.6 Å². The first-order valence-corrected chi connectivity index (χ1v) is 6.28. The molecule has 0 aliphatic carbocycles. The van der Waals surface area contributed by atoms with E-state index in [2.05, 4.69) is 0 Å². The van der Waals surface area contributed by atoms with E-state index in [4.69, 9.17) is 11.6 Å². The van der Waals surface area contributed by atoms with Crippen molar-refractivity contribution in [2.75, 3.05) is 13.1 Å². The van der Waals surface area contributed by atoms with E-state index in [-0.39, 0.29) is 25.2 Å². The van der Waals surface area contributed by atoms with Crippen LogP contribution < -0.4 is 0 Å². The number of non-ortho nitro benzene ring substituents is 1. The lowest BCUT2D eigenvalue weighted by Crippen LogP contribution is -2.42. The highest BCUT2D eigenvalue weighted by Crippen LogP contribution is 2.29. The Morgan fingerprint density at radius 1 is 1.47 bits per heavy atom. The maximum Gasteiger partial charge on any atom is 0.269 e. The summed E-state index contributed by atoms with van der Waals surface area (Å²) in [6.07, 6.45) is 0.311. The molecular formula is C12H13ClF2N2O2. The molecule has 1 saturated heterocycles. The summed E-state index contributed by atoms with van der Waals surface area (Å²) in [5, 5.41) is 11.0. The van der Waals surface area contributed by atoms with Crippen LogP contribution in [0.1, 0.15) is 18.4 Å². The monoisotopic (exact) mass is 290 g/mol. The van der Waals surface area contributed by atoms with Gasteiger partial charge in [0.05, 0.1) is 11.5 Å². The van der Waals surface area contributed by atoms with Crippen LogP contribution in [-0.4, -0.2) is 28.8 Å². The Morgan fingerprint density at radius 3 is 2.84 bits per heavy atom. The van der Waals surface area contributed by atoms with E-state index in [0.717, 1.165) is 0 Å². The molecule has 0 radical (unpaired) electrons. The molecule has 0 N–H and O–H groups in total. The molecule has 0 unspecified atom stereocenters. The average molecular weight is 291 g/mol. The number of alkyl halides is 2. The summed E-state index contributed by atoms with van der Waals surface area (Å²) in [7, 11) is 0. The van der Waals surface area contributed by atoms with Crippen molar-refractivity contribution in [2.45, 2.75) is 25.3 Å². The van der Waals surface area contributed by atoms with Gasteiger partial charge < -0.3 is 0 Å². The molecule has 0 aromatic heterocycles. The third-order valence-corrected chi connectivity index (χ3v) is 3.47. The summed E-state index contributed by atoms with van der Waals surface area (Å²) in [5.41, 5.74) is 0.428. The number of nitro benzene ring substituents is 1. The first kappa shape index (κ1) is 14.1. The minimum absolute atomic E-state index is 0.0804. The van der Waals surface area contributed by atoms with Crippen molar-refractivity contribution < 1.29 is 13.7 Å². The van der Waals surface area contributed by atoms with Crippen molar-refractivity contribution >= 4 is 17.3 Å². The maximum atomic E-state index is 13.3. The quantitative estimate of drug-likeness (QED) is 0.632. The number of rotatable bonds is 3. The van der Waals surface area contributed by atoms with Crippen LogP contribution in [0.5, 0.6) is 0 Å². The minimum atomic E-state index is -2.69.